The number of likely N-dealkylation sites (tertiary alicyclic amines) is 1. The topological polar surface area (TPSA) is 68.4 Å². The summed E-state index contributed by atoms with van der Waals surface area (Å²) >= 11 is 0. The minimum absolute atomic E-state index is 0.0123. The van der Waals surface area contributed by atoms with Crippen molar-refractivity contribution in [3.8, 4) is 22.3 Å². The van der Waals surface area contributed by atoms with Crippen molar-refractivity contribution in [3.63, 3.8) is 0 Å². The molecular formula is C31H34N6O. The second-order valence-corrected chi connectivity index (χ2v) is 11.5. The number of piperazine rings is 1. The molecule has 5 heterocycles. The molecule has 7 rings (SSSR count). The Hall–Kier alpha value is -3.55. The fourth-order valence-electron chi connectivity index (χ4n) is 6.56. The zero-order chi connectivity index (χ0) is 25.9. The molecule has 0 radical (unpaired) electrons. The number of H-pyrrole nitrogens is 1. The first kappa shape index (κ1) is 23.6. The molecule has 1 aliphatic carbocycles. The van der Waals surface area contributed by atoms with Gasteiger partial charge in [-0.15, -0.1) is 0 Å². The molecule has 3 aliphatic rings. The molecule has 194 valence electrons. The van der Waals surface area contributed by atoms with Gasteiger partial charge in [-0.1, -0.05) is 12.1 Å². The fraction of sp³-hybridized carbons (Fsp3) is 0.387. The third-order valence-electron chi connectivity index (χ3n) is 9.08. The van der Waals surface area contributed by atoms with E-state index in [1.807, 2.05) is 12.4 Å². The summed E-state index contributed by atoms with van der Waals surface area (Å²) in [7, 11) is 4.34. The first-order chi connectivity index (χ1) is 18.5. The molecule has 0 saturated carbocycles. The molecule has 4 aromatic rings. The maximum absolute atomic E-state index is 12.9. The number of aromatic amines is 1. The Labute approximate surface area is 223 Å². The summed E-state index contributed by atoms with van der Waals surface area (Å²) in [4.78, 5) is 32.9. The number of anilines is 1. The van der Waals surface area contributed by atoms with Gasteiger partial charge in [-0.2, -0.15) is 0 Å². The summed E-state index contributed by atoms with van der Waals surface area (Å²) in [5, 5.41) is 1.09. The van der Waals surface area contributed by atoms with Crippen LogP contribution in [0.3, 0.4) is 0 Å². The van der Waals surface area contributed by atoms with Gasteiger partial charge in [-0.3, -0.25) is 4.79 Å². The number of Topliss-reactive ketones (excluding diaryl/α,β-unsaturated/α-hetero) is 1. The number of pyridine rings is 2. The Morgan fingerprint density at radius 1 is 0.789 bits per heavy atom. The average molecular weight is 507 g/mol. The lowest BCUT2D eigenvalue weighted by Crippen LogP contribution is -2.44. The SMILES string of the molecule is CN1CCN(c2ccc(-c3cnc4[nH]cc(-c5ccc6c(c5)C5(CCN(C)CC5)CC6=O)c4c3)cn2)CC1. The number of nitrogens with zero attached hydrogens (tertiary/aromatic N) is 5. The Kier molecular flexibility index (Phi) is 5.60. The molecule has 0 atom stereocenters. The van der Waals surface area contributed by atoms with E-state index in [4.69, 9.17) is 9.97 Å². The molecule has 1 aromatic carbocycles. The third kappa shape index (κ3) is 3.92. The molecule has 2 saturated heterocycles. The highest BCUT2D eigenvalue weighted by Crippen LogP contribution is 2.47. The summed E-state index contributed by atoms with van der Waals surface area (Å²) in [5.41, 5.74) is 7.41. The lowest BCUT2D eigenvalue weighted by atomic mass is 9.73. The minimum atomic E-state index is -0.0123. The van der Waals surface area contributed by atoms with E-state index in [1.54, 1.807) is 0 Å². The summed E-state index contributed by atoms with van der Waals surface area (Å²) in [6, 6.07) is 12.9. The van der Waals surface area contributed by atoms with Crippen molar-refractivity contribution < 1.29 is 4.79 Å². The number of hydrogen-bond donors (Lipinski definition) is 1. The van der Waals surface area contributed by atoms with Gasteiger partial charge in [0, 0.05) is 84.2 Å². The van der Waals surface area contributed by atoms with Crippen LogP contribution in [-0.4, -0.2) is 83.9 Å². The third-order valence-corrected chi connectivity index (χ3v) is 9.08. The van der Waals surface area contributed by atoms with Gasteiger partial charge in [0.1, 0.15) is 11.5 Å². The van der Waals surface area contributed by atoms with E-state index in [9.17, 15) is 4.79 Å². The number of carbonyl (C=O) groups is 1. The van der Waals surface area contributed by atoms with Crippen LogP contribution in [0.1, 0.15) is 35.2 Å². The van der Waals surface area contributed by atoms with Crippen molar-refractivity contribution in [2.75, 3.05) is 58.3 Å². The van der Waals surface area contributed by atoms with Crippen molar-refractivity contribution >= 4 is 22.6 Å². The zero-order valence-electron chi connectivity index (χ0n) is 22.2. The molecule has 38 heavy (non-hydrogen) atoms. The van der Waals surface area contributed by atoms with Crippen molar-refractivity contribution in [1.82, 2.24) is 24.8 Å². The fourth-order valence-corrected chi connectivity index (χ4v) is 6.56. The maximum atomic E-state index is 12.9. The van der Waals surface area contributed by atoms with Gasteiger partial charge >= 0.3 is 0 Å². The molecule has 1 N–H and O–H groups in total. The number of piperidine rings is 1. The van der Waals surface area contributed by atoms with Crippen LogP contribution in [0.4, 0.5) is 5.82 Å². The molecule has 3 aromatic heterocycles. The number of aromatic nitrogens is 3. The molecule has 0 bridgehead atoms. The molecule has 7 nitrogen and oxygen atoms in total. The number of nitrogens with one attached hydrogen (secondary N) is 1. The van der Waals surface area contributed by atoms with Gasteiger partial charge in [-0.25, -0.2) is 9.97 Å². The predicted octanol–water partition coefficient (Wildman–Crippen LogP) is 4.59. The highest BCUT2D eigenvalue weighted by Gasteiger charge is 2.44. The molecule has 0 unspecified atom stereocenters. The van der Waals surface area contributed by atoms with Gasteiger partial charge in [0.25, 0.3) is 0 Å². The summed E-state index contributed by atoms with van der Waals surface area (Å²) in [5.74, 6) is 1.33. The second-order valence-electron chi connectivity index (χ2n) is 11.5. The van der Waals surface area contributed by atoms with Crippen LogP contribution in [0.5, 0.6) is 0 Å². The van der Waals surface area contributed by atoms with Gasteiger partial charge in [0.15, 0.2) is 5.78 Å². The summed E-state index contributed by atoms with van der Waals surface area (Å²) in [6.07, 6.45) is 8.68. The van der Waals surface area contributed by atoms with Crippen molar-refractivity contribution in [2.24, 2.45) is 0 Å². The lowest BCUT2D eigenvalue weighted by molar-refractivity contribution is 0.0945. The Balaban J connectivity index is 1.22. The van der Waals surface area contributed by atoms with Crippen molar-refractivity contribution in [2.45, 2.75) is 24.7 Å². The molecule has 7 heteroatoms. The number of hydrogen-bond acceptors (Lipinski definition) is 6. The number of ketones is 1. The number of benzene rings is 1. The predicted molar refractivity (Wildman–Crippen MR) is 152 cm³/mol. The van der Waals surface area contributed by atoms with Crippen LogP contribution in [0, 0.1) is 0 Å². The van der Waals surface area contributed by atoms with E-state index in [0.717, 1.165) is 96.8 Å². The quantitative estimate of drug-likeness (QED) is 0.438. The first-order valence-corrected chi connectivity index (χ1v) is 13.7. The summed E-state index contributed by atoms with van der Waals surface area (Å²) in [6.45, 7) is 6.23. The first-order valence-electron chi connectivity index (χ1n) is 13.7. The smallest absolute Gasteiger partial charge is 0.164 e. The Bertz CT molecular complexity index is 1510. The molecule has 2 aliphatic heterocycles. The monoisotopic (exact) mass is 506 g/mol. The van der Waals surface area contributed by atoms with E-state index < -0.39 is 0 Å². The second kappa shape index (κ2) is 9.03. The molecule has 1 spiro atoms. The normalized spacial score (nSPS) is 19.9. The van der Waals surface area contributed by atoms with E-state index in [1.165, 1.54) is 5.56 Å². The number of likely N-dealkylation sites (N-methyl/N-ethyl adjacent to an activating group) is 1. The van der Waals surface area contributed by atoms with Gasteiger partial charge < -0.3 is 19.7 Å². The zero-order valence-corrected chi connectivity index (χ0v) is 22.2. The van der Waals surface area contributed by atoms with E-state index in [2.05, 4.69) is 76.4 Å². The minimum Gasteiger partial charge on any atom is -0.354 e. The largest absolute Gasteiger partial charge is 0.354 e. The van der Waals surface area contributed by atoms with Crippen LogP contribution < -0.4 is 4.90 Å². The standard InChI is InChI=1S/C31H34N6O/c1-35-9-7-31(8-10-35)17-28(38)24-5-3-21(16-27(24)31)26-20-34-30-25(26)15-23(19-33-30)22-4-6-29(32-18-22)37-13-11-36(2)12-14-37/h3-6,15-16,18-20H,7-14,17H2,1-2H3,(H,33,34). The Morgan fingerprint density at radius 2 is 1.53 bits per heavy atom. The van der Waals surface area contributed by atoms with Crippen LogP contribution in [0.15, 0.2) is 55.0 Å². The average Bonchev–Trinajstić information content (AvgIpc) is 3.49. The van der Waals surface area contributed by atoms with Crippen molar-refractivity contribution in [1.29, 1.82) is 0 Å². The van der Waals surface area contributed by atoms with E-state index in [0.29, 0.717) is 12.2 Å². The Morgan fingerprint density at radius 3 is 2.29 bits per heavy atom. The van der Waals surface area contributed by atoms with Gasteiger partial charge in [-0.05, 0) is 75.4 Å². The molecule has 2 fully saturated rings. The van der Waals surface area contributed by atoms with E-state index in [-0.39, 0.29) is 5.41 Å². The van der Waals surface area contributed by atoms with Crippen LogP contribution in [-0.2, 0) is 5.41 Å². The van der Waals surface area contributed by atoms with Crippen molar-refractivity contribution in [3.05, 3.63) is 66.1 Å². The summed E-state index contributed by atoms with van der Waals surface area (Å²) < 4.78 is 0. The number of fused-ring (bicyclic) bond motifs is 3. The highest BCUT2D eigenvalue weighted by molar-refractivity contribution is 6.04. The highest BCUT2D eigenvalue weighted by atomic mass is 16.1. The van der Waals surface area contributed by atoms with Gasteiger partial charge in [0.05, 0.1) is 0 Å². The maximum Gasteiger partial charge on any atom is 0.164 e. The number of carbonyl (C=O) groups excluding carboxylic acids is 1. The van der Waals surface area contributed by atoms with Crippen LogP contribution in [0.25, 0.3) is 33.3 Å². The molecular weight excluding hydrogens is 472 g/mol. The van der Waals surface area contributed by atoms with Crippen LogP contribution in [0.2, 0.25) is 0 Å². The number of rotatable bonds is 3. The van der Waals surface area contributed by atoms with Gasteiger partial charge in [0.2, 0.25) is 0 Å². The molecule has 0 amide bonds. The van der Waals surface area contributed by atoms with E-state index >= 15 is 0 Å². The van der Waals surface area contributed by atoms with Crippen LogP contribution >= 0.6 is 0 Å². The lowest BCUT2D eigenvalue weighted by Gasteiger charge is -2.38.